The molecular weight excluding hydrogens is 1570 g/mol. The fraction of sp³-hybridized carbons (Fsp3) is 0.267. The van der Waals surface area contributed by atoms with Gasteiger partial charge in [0.25, 0.3) is 35.4 Å². The molecule has 31 heteroatoms. The Balaban J connectivity index is 0.000000185. The van der Waals surface area contributed by atoms with Gasteiger partial charge in [-0.3, -0.25) is 28.8 Å². The number of rotatable bonds is 30. The molecule has 3 aliphatic rings. The molecule has 117 heavy (non-hydrogen) atoms. The van der Waals surface area contributed by atoms with E-state index in [1.54, 1.807) is 127 Å². The van der Waals surface area contributed by atoms with E-state index >= 15 is 0 Å². The van der Waals surface area contributed by atoms with Gasteiger partial charge >= 0.3 is 0 Å². The molecule has 0 saturated heterocycles. The number of halogens is 3. The third kappa shape index (κ3) is 22.5. The summed E-state index contributed by atoms with van der Waals surface area (Å²) >= 11 is 3.79. The zero-order chi connectivity index (χ0) is 83.9. The summed E-state index contributed by atoms with van der Waals surface area (Å²) in [6.45, 7) is 10.5. The topological polar surface area (TPSA) is 322 Å². The van der Waals surface area contributed by atoms with Crippen molar-refractivity contribution in [3.8, 4) is 51.7 Å². The highest BCUT2D eigenvalue weighted by Gasteiger charge is 2.42. The van der Waals surface area contributed by atoms with Crippen molar-refractivity contribution >= 4 is 85.9 Å². The Morgan fingerprint density at radius 1 is 0.444 bits per heavy atom. The maximum Gasteiger partial charge on any atom is 0.279 e. The number of hydrazone groups is 3. The average molecular weight is 1660 g/mol. The highest BCUT2D eigenvalue weighted by molar-refractivity contribution is 8.15. The zero-order valence-corrected chi connectivity index (χ0v) is 67.6. The molecule has 0 fully saturated rings. The third-order valence-corrected chi connectivity index (χ3v) is 22.0. The number of aliphatic hydroxyl groups is 1. The highest BCUT2D eigenvalue weighted by atomic mass is 32.2. The van der Waals surface area contributed by atoms with Crippen LogP contribution in [0.2, 0.25) is 0 Å². The van der Waals surface area contributed by atoms with Crippen LogP contribution in [0.25, 0.3) is 0 Å². The van der Waals surface area contributed by atoms with Crippen LogP contribution in [0, 0.1) is 22.9 Å². The van der Waals surface area contributed by atoms with Crippen molar-refractivity contribution in [1.82, 2.24) is 31.0 Å². The fourth-order valence-electron chi connectivity index (χ4n) is 11.5. The minimum Gasteiger partial charge on any atom is -0.507 e. The number of aliphatic hydroxyl groups excluding tert-OH is 1. The molecule has 3 heterocycles. The van der Waals surface area contributed by atoms with Gasteiger partial charge < -0.3 is 64.8 Å². The number of para-hydroxylation sites is 6. The molecule has 0 aromatic heterocycles. The number of nitrogens with zero attached hydrogens (tertiary/aromatic N) is 6. The molecule has 9 aromatic rings. The second-order valence-corrected chi connectivity index (χ2v) is 30.2. The Hall–Kier alpha value is -12.2. The number of hydrogen-bond acceptors (Lipinski definition) is 22. The lowest BCUT2D eigenvalue weighted by atomic mass is 9.90. The van der Waals surface area contributed by atoms with Crippen molar-refractivity contribution in [1.29, 1.82) is 0 Å². The van der Waals surface area contributed by atoms with E-state index in [4.69, 9.17) is 28.4 Å². The Labute approximate surface area is 687 Å². The van der Waals surface area contributed by atoms with E-state index in [2.05, 4.69) is 52.0 Å². The van der Waals surface area contributed by atoms with Crippen LogP contribution in [0.15, 0.2) is 215 Å². The standard InChI is InChI=1S/C30H32FN3O5S.C28H28FN3O6S.C28H28FN3O5S/c1-5-30(2,3)18-32-25(36)17-39-24-12-8-10-22(26(24)38-4)29-34(28(37)21-9-6-7-11-23(21)35)33-27(40-29)19-13-15-20(31)16-14-19;1-3-19(33)15-30-24(35)16-38-23-10-6-8-21(25(23)37-2)28-32(27(36)20-7-4-5-9-22(20)34)31-26(39-28)17-11-13-18(29)14-12-17;1-3-4-16-30-24(34)17-37-23-11-7-9-21(25(23)36-2)28-32(27(35)20-8-5-6-10-22(20)33)31-26(38-28)18-12-14-19(29)15-13-18/h6-16,29,35H,5,17-18H2,1-4H3,(H,32,36);4-14,19,28,33-34H,3,15-16H2,1-2H3,(H,30,35);5-15,28,33H,3-4,16-17H2,1-2H3,(H,30,34). The molecule has 9 aromatic carbocycles. The number of amides is 6. The van der Waals surface area contributed by atoms with Crippen LogP contribution < -0.4 is 44.4 Å². The Kier molecular flexibility index (Phi) is 30.9. The Morgan fingerprint density at radius 3 is 1.06 bits per heavy atom. The molecule has 7 N–H and O–H groups in total. The molecule has 6 amide bonds. The number of methoxy groups -OCH3 is 3. The molecule has 0 spiro atoms. The first kappa shape index (κ1) is 87.2. The lowest BCUT2D eigenvalue weighted by Gasteiger charge is -2.24. The van der Waals surface area contributed by atoms with Crippen LogP contribution in [0.4, 0.5) is 13.2 Å². The number of hydrogen-bond donors (Lipinski definition) is 7. The van der Waals surface area contributed by atoms with Crippen molar-refractivity contribution in [3.05, 3.63) is 268 Å². The number of aromatic hydroxyl groups is 3. The predicted molar refractivity (Wildman–Crippen MR) is 442 cm³/mol. The SMILES string of the molecule is CCC(C)(C)CNC(=O)COc1cccc(C2SC(c3ccc(F)cc3)=NN2C(=O)c2ccccc2O)c1OC.CCC(O)CNC(=O)COc1cccc(C2SC(c3ccc(F)cc3)=NN2C(=O)c2ccccc2O)c1OC.CCCCNC(=O)COc1cccc(C2SC(c3ccc(F)cc3)=NN2C(=O)c2ccccc2O)c1OC. The maximum atomic E-state index is 13.6. The summed E-state index contributed by atoms with van der Waals surface area (Å²) in [6, 6.07) is 51.4. The van der Waals surface area contributed by atoms with Crippen molar-refractivity contribution in [2.75, 3.05) is 60.8 Å². The van der Waals surface area contributed by atoms with Crippen LogP contribution in [-0.4, -0.2) is 153 Å². The highest BCUT2D eigenvalue weighted by Crippen LogP contribution is 2.52. The monoisotopic (exact) mass is 1660 g/mol. The summed E-state index contributed by atoms with van der Waals surface area (Å²) in [6.07, 6.45) is 2.62. The van der Waals surface area contributed by atoms with E-state index in [9.17, 15) is 62.4 Å². The van der Waals surface area contributed by atoms with E-state index in [1.807, 2.05) is 13.8 Å². The van der Waals surface area contributed by atoms with Gasteiger partial charge in [-0.25, -0.2) is 28.2 Å². The Morgan fingerprint density at radius 2 is 0.761 bits per heavy atom. The van der Waals surface area contributed by atoms with Crippen LogP contribution in [0.5, 0.6) is 51.7 Å². The molecule has 12 rings (SSSR count). The van der Waals surface area contributed by atoms with Gasteiger partial charge in [-0.2, -0.15) is 15.3 Å². The third-order valence-electron chi connectivity index (χ3n) is 18.3. The first-order valence-electron chi connectivity index (χ1n) is 37.1. The fourth-order valence-corrected chi connectivity index (χ4v) is 15.0. The molecule has 4 unspecified atom stereocenters. The summed E-state index contributed by atoms with van der Waals surface area (Å²) in [5.41, 5.74) is 3.73. The van der Waals surface area contributed by atoms with E-state index in [-0.39, 0.29) is 94.9 Å². The minimum atomic E-state index is -0.732. The summed E-state index contributed by atoms with van der Waals surface area (Å²) in [5, 5.41) is 65.7. The number of nitrogens with one attached hydrogen (secondary N) is 3. The lowest BCUT2D eigenvalue weighted by molar-refractivity contribution is -0.124. The largest absolute Gasteiger partial charge is 0.507 e. The number of phenolic OH excluding ortho intramolecular Hbond substituents is 3. The second-order valence-electron chi connectivity index (χ2n) is 27.0. The molecule has 612 valence electrons. The predicted octanol–water partition coefficient (Wildman–Crippen LogP) is 14.9. The molecule has 0 bridgehead atoms. The van der Waals surface area contributed by atoms with E-state index in [0.717, 1.165) is 19.3 Å². The summed E-state index contributed by atoms with van der Waals surface area (Å²) in [7, 11) is 4.40. The number of phenols is 3. The van der Waals surface area contributed by atoms with Crippen LogP contribution in [0.3, 0.4) is 0 Å². The number of thioether (sulfide) groups is 3. The molecule has 0 saturated carbocycles. The van der Waals surface area contributed by atoms with Gasteiger partial charge in [-0.15, -0.1) is 0 Å². The molecule has 4 atom stereocenters. The number of ether oxygens (including phenoxy) is 6. The van der Waals surface area contributed by atoms with Gasteiger partial charge in [-0.1, -0.05) is 149 Å². The van der Waals surface area contributed by atoms with Gasteiger partial charge in [-0.05, 0) is 152 Å². The summed E-state index contributed by atoms with van der Waals surface area (Å²) in [4.78, 5) is 77.6. The van der Waals surface area contributed by atoms with Crippen molar-refractivity contribution in [2.45, 2.75) is 82.5 Å². The van der Waals surface area contributed by atoms with Crippen LogP contribution in [-0.2, 0) is 14.4 Å². The molecular formula is C86H88F3N9O16S3. The Bertz CT molecular complexity index is 5110. The van der Waals surface area contributed by atoms with Crippen molar-refractivity contribution in [2.24, 2.45) is 20.7 Å². The van der Waals surface area contributed by atoms with Gasteiger partial charge in [0, 0.05) is 53.0 Å². The average Bonchev–Trinajstić information content (AvgIpc) is 1.66. The second kappa shape index (κ2) is 41.4. The van der Waals surface area contributed by atoms with Gasteiger partial charge in [0.05, 0.1) is 44.1 Å². The van der Waals surface area contributed by atoms with Crippen LogP contribution >= 0.6 is 35.3 Å². The molecule has 3 aliphatic heterocycles. The summed E-state index contributed by atoms with van der Waals surface area (Å²) in [5.74, 6) is -2.35. The van der Waals surface area contributed by atoms with Crippen molar-refractivity contribution < 1.29 is 90.8 Å². The molecule has 25 nitrogen and oxygen atoms in total. The van der Waals surface area contributed by atoms with Gasteiger partial charge in [0.1, 0.15) is 66.0 Å². The zero-order valence-electron chi connectivity index (χ0n) is 65.2. The van der Waals surface area contributed by atoms with E-state index in [0.29, 0.717) is 96.8 Å². The van der Waals surface area contributed by atoms with Crippen molar-refractivity contribution in [3.63, 3.8) is 0 Å². The first-order valence-corrected chi connectivity index (χ1v) is 39.8. The quantitative estimate of drug-likeness (QED) is 0.0206. The summed E-state index contributed by atoms with van der Waals surface area (Å²) < 4.78 is 75.1. The lowest BCUT2D eigenvalue weighted by Crippen LogP contribution is -2.36. The van der Waals surface area contributed by atoms with E-state index < -0.39 is 51.7 Å². The van der Waals surface area contributed by atoms with Crippen LogP contribution in [0.1, 0.15) is 141 Å². The number of carbonyl (C=O) groups is 6. The smallest absolute Gasteiger partial charge is 0.279 e. The minimum absolute atomic E-state index is 0.0294. The molecule has 0 aliphatic carbocycles. The first-order chi connectivity index (χ1) is 56.4. The molecule has 0 radical (unpaired) electrons. The van der Waals surface area contributed by atoms with Gasteiger partial charge in [0.2, 0.25) is 0 Å². The normalized spacial score (nSPS) is 15.0. The number of carbonyl (C=O) groups excluding carboxylic acids is 6. The maximum absolute atomic E-state index is 13.6. The van der Waals surface area contributed by atoms with Gasteiger partial charge in [0.15, 0.2) is 54.3 Å². The number of benzene rings is 9. The van der Waals surface area contributed by atoms with E-state index in [1.165, 1.54) is 144 Å². The number of unbranched alkanes of at least 4 members (excludes halogenated alkanes) is 1.